The highest BCUT2D eigenvalue weighted by Crippen LogP contribution is 2.39. The molecule has 0 amide bonds. The van der Waals surface area contributed by atoms with Crippen molar-refractivity contribution in [3.05, 3.63) is 0 Å². The van der Waals surface area contributed by atoms with E-state index in [1.807, 2.05) is 7.05 Å². The first kappa shape index (κ1) is 12.9. The van der Waals surface area contributed by atoms with E-state index in [2.05, 4.69) is 10.0 Å². The molecule has 0 aliphatic heterocycles. The minimum absolute atomic E-state index is 0.137. The first-order chi connectivity index (χ1) is 6.92. The molecule has 0 bridgehead atoms. The molecular weight excluding hydrogens is 214 g/mol. The molecule has 1 aliphatic carbocycles. The molecule has 6 heteroatoms. The van der Waals surface area contributed by atoms with Crippen LogP contribution >= 0.6 is 0 Å². The van der Waals surface area contributed by atoms with Gasteiger partial charge in [-0.3, -0.25) is 0 Å². The van der Waals surface area contributed by atoms with Gasteiger partial charge in [-0.2, -0.15) is 12.7 Å². The molecule has 0 aromatic heterocycles. The Labute approximate surface area is 92.4 Å². The zero-order valence-corrected chi connectivity index (χ0v) is 10.5. The number of hydrogen-bond acceptors (Lipinski definition) is 3. The van der Waals surface area contributed by atoms with Crippen molar-refractivity contribution in [1.29, 1.82) is 0 Å². The third kappa shape index (κ3) is 3.14. The third-order valence-electron chi connectivity index (χ3n) is 3.08. The normalized spacial score (nSPS) is 20.3. The first-order valence-electron chi connectivity index (χ1n) is 5.24. The van der Waals surface area contributed by atoms with Gasteiger partial charge in [0, 0.05) is 27.2 Å². The van der Waals surface area contributed by atoms with E-state index in [0.29, 0.717) is 6.54 Å². The minimum Gasteiger partial charge on any atom is -0.319 e. The van der Waals surface area contributed by atoms with Crippen molar-refractivity contribution in [2.45, 2.75) is 19.3 Å². The molecule has 0 saturated heterocycles. The van der Waals surface area contributed by atoms with Gasteiger partial charge < -0.3 is 5.32 Å². The second-order valence-electron chi connectivity index (χ2n) is 4.49. The van der Waals surface area contributed by atoms with Crippen LogP contribution in [0.25, 0.3) is 0 Å². The van der Waals surface area contributed by atoms with E-state index >= 15 is 0 Å². The fourth-order valence-corrected chi connectivity index (χ4v) is 2.59. The zero-order valence-electron chi connectivity index (χ0n) is 9.71. The second kappa shape index (κ2) is 4.78. The van der Waals surface area contributed by atoms with Crippen LogP contribution in [0.3, 0.4) is 0 Å². The molecule has 1 rings (SSSR count). The molecular formula is C9H21N3O2S. The maximum absolute atomic E-state index is 11.5. The molecule has 15 heavy (non-hydrogen) atoms. The van der Waals surface area contributed by atoms with Crippen LogP contribution < -0.4 is 10.0 Å². The summed E-state index contributed by atoms with van der Waals surface area (Å²) in [5.74, 6) is 0. The molecule has 2 N–H and O–H groups in total. The van der Waals surface area contributed by atoms with Gasteiger partial charge in [-0.1, -0.05) is 6.42 Å². The van der Waals surface area contributed by atoms with E-state index in [9.17, 15) is 8.42 Å². The van der Waals surface area contributed by atoms with Crippen molar-refractivity contribution in [2.24, 2.45) is 5.41 Å². The van der Waals surface area contributed by atoms with Crippen LogP contribution in [0, 0.1) is 5.41 Å². The molecule has 0 atom stereocenters. The fraction of sp³-hybridized carbons (Fsp3) is 1.00. The summed E-state index contributed by atoms with van der Waals surface area (Å²) in [5.41, 5.74) is 0.137. The van der Waals surface area contributed by atoms with Crippen LogP contribution in [0.1, 0.15) is 19.3 Å². The Bertz CT molecular complexity index is 296. The molecule has 90 valence electrons. The van der Waals surface area contributed by atoms with Gasteiger partial charge in [0.1, 0.15) is 0 Å². The quantitative estimate of drug-likeness (QED) is 0.668. The molecule has 0 radical (unpaired) electrons. The highest BCUT2D eigenvalue weighted by Gasteiger charge is 2.37. The lowest BCUT2D eigenvalue weighted by Gasteiger charge is -2.42. The van der Waals surface area contributed by atoms with Crippen molar-refractivity contribution in [1.82, 2.24) is 14.3 Å². The molecule has 1 saturated carbocycles. The summed E-state index contributed by atoms with van der Waals surface area (Å²) in [4.78, 5) is 0. The van der Waals surface area contributed by atoms with Crippen molar-refractivity contribution >= 4 is 10.2 Å². The molecule has 1 aliphatic rings. The van der Waals surface area contributed by atoms with E-state index in [4.69, 9.17) is 0 Å². The fourth-order valence-electron chi connectivity index (χ4n) is 1.84. The highest BCUT2D eigenvalue weighted by molar-refractivity contribution is 7.87. The van der Waals surface area contributed by atoms with Crippen LogP contribution in [0.5, 0.6) is 0 Å². The van der Waals surface area contributed by atoms with E-state index in [1.54, 1.807) is 0 Å². The standard InChI is InChI=1S/C9H21N3O2S/c1-10-7-9(5-4-6-9)8-11-15(13,14)12(2)3/h10-11H,4-8H2,1-3H3. The van der Waals surface area contributed by atoms with Gasteiger partial charge in [0.15, 0.2) is 0 Å². The van der Waals surface area contributed by atoms with Gasteiger partial charge in [-0.15, -0.1) is 0 Å². The Morgan fingerprint density at radius 3 is 2.20 bits per heavy atom. The zero-order chi connectivity index (χ0) is 11.5. The summed E-state index contributed by atoms with van der Waals surface area (Å²) in [5, 5.41) is 3.13. The maximum atomic E-state index is 11.5. The summed E-state index contributed by atoms with van der Waals surface area (Å²) in [6, 6.07) is 0. The maximum Gasteiger partial charge on any atom is 0.278 e. The van der Waals surface area contributed by atoms with E-state index in [0.717, 1.165) is 19.4 Å². The smallest absolute Gasteiger partial charge is 0.278 e. The minimum atomic E-state index is -3.27. The largest absolute Gasteiger partial charge is 0.319 e. The lowest BCUT2D eigenvalue weighted by Crippen LogP contribution is -2.49. The van der Waals surface area contributed by atoms with Gasteiger partial charge in [0.05, 0.1) is 0 Å². The molecule has 0 aromatic rings. The Hall–Kier alpha value is -0.170. The number of nitrogens with one attached hydrogen (secondary N) is 2. The summed E-state index contributed by atoms with van der Waals surface area (Å²) >= 11 is 0. The second-order valence-corrected chi connectivity index (χ2v) is 6.46. The summed E-state index contributed by atoms with van der Waals surface area (Å²) < 4.78 is 26.9. The Kier molecular flexibility index (Phi) is 4.11. The average Bonchev–Trinajstić information content (AvgIpc) is 2.09. The number of rotatable bonds is 6. The lowest BCUT2D eigenvalue weighted by atomic mass is 9.69. The summed E-state index contributed by atoms with van der Waals surface area (Å²) in [7, 11) is 1.70. The molecule has 0 heterocycles. The molecule has 5 nitrogen and oxygen atoms in total. The highest BCUT2D eigenvalue weighted by atomic mass is 32.2. The predicted molar refractivity (Wildman–Crippen MR) is 60.8 cm³/mol. The monoisotopic (exact) mass is 235 g/mol. The van der Waals surface area contributed by atoms with Crippen molar-refractivity contribution in [2.75, 3.05) is 34.2 Å². The van der Waals surface area contributed by atoms with Gasteiger partial charge >= 0.3 is 0 Å². The van der Waals surface area contributed by atoms with Gasteiger partial charge in [-0.25, -0.2) is 4.72 Å². The van der Waals surface area contributed by atoms with Crippen LogP contribution in [0.15, 0.2) is 0 Å². The van der Waals surface area contributed by atoms with E-state index < -0.39 is 10.2 Å². The van der Waals surface area contributed by atoms with Crippen LogP contribution in [-0.4, -0.2) is 47.0 Å². The van der Waals surface area contributed by atoms with Gasteiger partial charge in [-0.05, 0) is 25.3 Å². The van der Waals surface area contributed by atoms with Crippen molar-refractivity contribution in [3.8, 4) is 0 Å². The summed E-state index contributed by atoms with van der Waals surface area (Å²) in [6.45, 7) is 1.41. The van der Waals surface area contributed by atoms with Gasteiger partial charge in [0.2, 0.25) is 0 Å². The summed E-state index contributed by atoms with van der Waals surface area (Å²) in [6.07, 6.45) is 3.40. The first-order valence-corrected chi connectivity index (χ1v) is 6.68. The van der Waals surface area contributed by atoms with Crippen LogP contribution in [0.2, 0.25) is 0 Å². The third-order valence-corrected chi connectivity index (χ3v) is 4.55. The number of hydrogen-bond donors (Lipinski definition) is 2. The number of nitrogens with zero attached hydrogens (tertiary/aromatic N) is 1. The SMILES string of the molecule is CNCC1(CNS(=O)(=O)N(C)C)CCC1. The van der Waals surface area contributed by atoms with Crippen molar-refractivity contribution in [3.63, 3.8) is 0 Å². The van der Waals surface area contributed by atoms with E-state index in [1.165, 1.54) is 24.8 Å². The van der Waals surface area contributed by atoms with Crippen LogP contribution in [0.4, 0.5) is 0 Å². The molecule has 0 spiro atoms. The Morgan fingerprint density at radius 1 is 1.27 bits per heavy atom. The Morgan fingerprint density at radius 2 is 1.87 bits per heavy atom. The predicted octanol–water partition coefficient (Wildman–Crippen LogP) is -0.228. The molecule has 0 unspecified atom stereocenters. The van der Waals surface area contributed by atoms with E-state index in [-0.39, 0.29) is 5.41 Å². The van der Waals surface area contributed by atoms with Gasteiger partial charge in [0.25, 0.3) is 10.2 Å². The average molecular weight is 235 g/mol. The molecule has 1 fully saturated rings. The topological polar surface area (TPSA) is 61.4 Å². The van der Waals surface area contributed by atoms with Crippen LogP contribution in [-0.2, 0) is 10.2 Å². The lowest BCUT2D eigenvalue weighted by molar-refractivity contribution is 0.138. The van der Waals surface area contributed by atoms with Crippen molar-refractivity contribution < 1.29 is 8.42 Å². The Balaban J connectivity index is 2.48. The molecule has 0 aromatic carbocycles.